The van der Waals surface area contributed by atoms with Gasteiger partial charge in [-0.2, -0.15) is 0 Å². The minimum atomic E-state index is -3.51. The first-order valence-electron chi connectivity index (χ1n) is 8.44. The molecule has 0 aliphatic heterocycles. The van der Waals surface area contributed by atoms with Crippen molar-refractivity contribution < 1.29 is 22.0 Å². The van der Waals surface area contributed by atoms with Crippen LogP contribution in [0, 0.1) is 11.6 Å². The fourth-order valence-electron chi connectivity index (χ4n) is 2.52. The minimum absolute atomic E-state index is 0.0212. The normalized spacial score (nSPS) is 11.4. The topological polar surface area (TPSA) is 76.1 Å². The van der Waals surface area contributed by atoms with Crippen molar-refractivity contribution in [3.63, 3.8) is 0 Å². The first-order valence-corrected chi connectivity index (χ1v) is 11.3. The Morgan fingerprint density at radius 1 is 1.14 bits per heavy atom. The smallest absolute Gasteiger partial charge is 0.226 e. The van der Waals surface area contributed by atoms with Gasteiger partial charge in [-0.1, -0.05) is 11.6 Å². The molecule has 0 unspecified atom stereocenters. The summed E-state index contributed by atoms with van der Waals surface area (Å²) in [5.74, 6) is -2.03. The van der Waals surface area contributed by atoms with Crippen LogP contribution in [0.15, 0.2) is 52.7 Å². The third kappa shape index (κ3) is 5.59. The van der Waals surface area contributed by atoms with Gasteiger partial charge in [0.15, 0.2) is 15.0 Å². The standard InChI is InChI=1S/C19H15ClF2N2O3S2/c20-12-3-6-14(7-4-12)29(26,27)9-1-2-18(25)24-19-23-17(11-28-19)15-8-5-13(21)10-16(15)22/h3-8,10-11H,1-2,9H2,(H,23,24,25). The van der Waals surface area contributed by atoms with Gasteiger partial charge in [0.05, 0.1) is 16.3 Å². The summed E-state index contributed by atoms with van der Waals surface area (Å²) >= 11 is 6.84. The van der Waals surface area contributed by atoms with Gasteiger partial charge in [-0.3, -0.25) is 4.79 Å². The number of aromatic nitrogens is 1. The van der Waals surface area contributed by atoms with Crippen molar-refractivity contribution in [3.05, 3.63) is 64.5 Å². The van der Waals surface area contributed by atoms with E-state index in [2.05, 4.69) is 10.3 Å². The van der Waals surface area contributed by atoms with Gasteiger partial charge in [0, 0.05) is 28.5 Å². The van der Waals surface area contributed by atoms with E-state index in [4.69, 9.17) is 11.6 Å². The van der Waals surface area contributed by atoms with Crippen LogP contribution in [0.2, 0.25) is 5.02 Å². The van der Waals surface area contributed by atoms with Crippen molar-refractivity contribution in [2.75, 3.05) is 11.1 Å². The molecule has 0 fully saturated rings. The van der Waals surface area contributed by atoms with Crippen LogP contribution in [0.3, 0.4) is 0 Å². The highest BCUT2D eigenvalue weighted by Gasteiger charge is 2.16. The molecule has 0 atom stereocenters. The number of carbonyl (C=O) groups is 1. The lowest BCUT2D eigenvalue weighted by atomic mass is 10.1. The summed E-state index contributed by atoms with van der Waals surface area (Å²) in [6.45, 7) is 0. The van der Waals surface area contributed by atoms with Crippen molar-refractivity contribution in [1.82, 2.24) is 4.98 Å². The van der Waals surface area contributed by atoms with Crippen molar-refractivity contribution in [2.45, 2.75) is 17.7 Å². The second-order valence-electron chi connectivity index (χ2n) is 6.09. The number of sulfone groups is 1. The van der Waals surface area contributed by atoms with Gasteiger partial charge < -0.3 is 5.32 Å². The Hall–Kier alpha value is -2.36. The van der Waals surface area contributed by atoms with E-state index in [1.807, 2.05) is 0 Å². The minimum Gasteiger partial charge on any atom is -0.302 e. The molecular weight excluding hydrogens is 442 g/mol. The molecule has 0 saturated heterocycles. The average Bonchev–Trinajstić information content (AvgIpc) is 3.10. The first kappa shape index (κ1) is 21.4. The Kier molecular flexibility index (Phi) is 6.61. The molecule has 10 heteroatoms. The summed E-state index contributed by atoms with van der Waals surface area (Å²) < 4.78 is 51.3. The van der Waals surface area contributed by atoms with Gasteiger partial charge in [0.25, 0.3) is 0 Å². The molecule has 0 radical (unpaired) electrons. The Morgan fingerprint density at radius 2 is 1.86 bits per heavy atom. The molecule has 0 aliphatic rings. The number of anilines is 1. The lowest BCUT2D eigenvalue weighted by Gasteiger charge is -2.05. The molecular formula is C19H15ClF2N2O3S2. The molecule has 1 aromatic heterocycles. The quantitative estimate of drug-likeness (QED) is 0.546. The van der Waals surface area contributed by atoms with Crippen LogP contribution in [0.5, 0.6) is 0 Å². The van der Waals surface area contributed by atoms with E-state index in [-0.39, 0.29) is 39.9 Å². The Morgan fingerprint density at radius 3 is 2.55 bits per heavy atom. The summed E-state index contributed by atoms with van der Waals surface area (Å²) in [5, 5.41) is 4.78. The fraction of sp³-hybridized carbons (Fsp3) is 0.158. The number of rotatable bonds is 7. The van der Waals surface area contributed by atoms with Gasteiger partial charge in [0.2, 0.25) is 5.91 Å². The molecule has 1 N–H and O–H groups in total. The van der Waals surface area contributed by atoms with Crippen LogP contribution in [0.1, 0.15) is 12.8 Å². The number of halogens is 3. The lowest BCUT2D eigenvalue weighted by molar-refractivity contribution is -0.116. The number of benzene rings is 2. The molecule has 5 nitrogen and oxygen atoms in total. The zero-order valence-electron chi connectivity index (χ0n) is 14.9. The van der Waals surface area contributed by atoms with Crippen molar-refractivity contribution >= 4 is 43.8 Å². The zero-order valence-corrected chi connectivity index (χ0v) is 17.3. The van der Waals surface area contributed by atoms with Crippen LogP contribution < -0.4 is 5.32 Å². The molecule has 1 heterocycles. The number of carbonyl (C=O) groups excluding carboxylic acids is 1. The number of nitrogens with one attached hydrogen (secondary N) is 1. The largest absolute Gasteiger partial charge is 0.302 e. The third-order valence-electron chi connectivity index (χ3n) is 3.95. The van der Waals surface area contributed by atoms with Crippen LogP contribution in [0.25, 0.3) is 11.3 Å². The lowest BCUT2D eigenvalue weighted by Crippen LogP contribution is -2.14. The van der Waals surface area contributed by atoms with E-state index in [0.29, 0.717) is 5.02 Å². The maximum absolute atomic E-state index is 13.8. The fourth-order valence-corrected chi connectivity index (χ4v) is 4.68. The van der Waals surface area contributed by atoms with Gasteiger partial charge in [0.1, 0.15) is 11.6 Å². The van der Waals surface area contributed by atoms with E-state index >= 15 is 0 Å². The molecule has 29 heavy (non-hydrogen) atoms. The van der Waals surface area contributed by atoms with E-state index in [1.165, 1.54) is 35.7 Å². The highest BCUT2D eigenvalue weighted by molar-refractivity contribution is 7.91. The molecule has 3 rings (SSSR count). The van der Waals surface area contributed by atoms with Gasteiger partial charge >= 0.3 is 0 Å². The average molecular weight is 457 g/mol. The van der Waals surface area contributed by atoms with E-state index in [9.17, 15) is 22.0 Å². The number of thiazole rings is 1. The molecule has 1 amide bonds. The molecule has 0 saturated carbocycles. The summed E-state index contributed by atoms with van der Waals surface area (Å²) in [6.07, 6.45) is 0.105. The summed E-state index contributed by atoms with van der Waals surface area (Å²) in [6, 6.07) is 8.97. The number of hydrogen-bond acceptors (Lipinski definition) is 5. The summed E-state index contributed by atoms with van der Waals surface area (Å²) in [5.41, 5.74) is 0.394. The first-order chi connectivity index (χ1) is 13.7. The van der Waals surface area contributed by atoms with Crippen LogP contribution in [-0.4, -0.2) is 25.1 Å². The van der Waals surface area contributed by atoms with E-state index < -0.39 is 27.4 Å². The van der Waals surface area contributed by atoms with Crippen molar-refractivity contribution in [3.8, 4) is 11.3 Å². The predicted octanol–water partition coefficient (Wildman–Crippen LogP) is 4.93. The van der Waals surface area contributed by atoms with Crippen molar-refractivity contribution in [1.29, 1.82) is 0 Å². The summed E-state index contributed by atoms with van der Waals surface area (Å²) in [7, 11) is -3.51. The molecule has 0 spiro atoms. The highest BCUT2D eigenvalue weighted by atomic mass is 35.5. The van der Waals surface area contributed by atoms with Crippen molar-refractivity contribution in [2.24, 2.45) is 0 Å². The number of amides is 1. The molecule has 2 aromatic carbocycles. The highest BCUT2D eigenvalue weighted by Crippen LogP contribution is 2.27. The van der Waals surface area contributed by atoms with Gasteiger partial charge in [-0.05, 0) is 42.8 Å². The van der Waals surface area contributed by atoms with Crippen LogP contribution in [0.4, 0.5) is 13.9 Å². The SMILES string of the molecule is O=C(CCCS(=O)(=O)c1ccc(Cl)cc1)Nc1nc(-c2ccc(F)cc2F)cs1. The van der Waals surface area contributed by atoms with Gasteiger partial charge in [-0.15, -0.1) is 11.3 Å². The zero-order chi connectivity index (χ0) is 21.0. The van der Waals surface area contributed by atoms with Crippen LogP contribution >= 0.6 is 22.9 Å². The van der Waals surface area contributed by atoms with E-state index in [0.717, 1.165) is 23.5 Å². The van der Waals surface area contributed by atoms with E-state index in [1.54, 1.807) is 0 Å². The molecule has 3 aromatic rings. The monoisotopic (exact) mass is 456 g/mol. The Labute approximate surface area is 175 Å². The number of nitrogens with zero attached hydrogens (tertiary/aromatic N) is 1. The third-order valence-corrected chi connectivity index (χ3v) is 6.77. The second kappa shape index (κ2) is 8.98. The number of hydrogen-bond donors (Lipinski definition) is 1. The Bertz CT molecular complexity index is 1130. The Balaban J connectivity index is 1.55. The summed E-state index contributed by atoms with van der Waals surface area (Å²) in [4.78, 5) is 16.3. The maximum atomic E-state index is 13.8. The predicted molar refractivity (Wildman–Crippen MR) is 109 cm³/mol. The maximum Gasteiger partial charge on any atom is 0.226 e. The van der Waals surface area contributed by atoms with Crippen LogP contribution in [-0.2, 0) is 14.6 Å². The molecule has 0 aliphatic carbocycles. The second-order valence-corrected chi connectivity index (χ2v) is 9.49. The molecule has 0 bridgehead atoms. The molecule has 152 valence electrons. The van der Waals surface area contributed by atoms with Gasteiger partial charge in [-0.25, -0.2) is 22.2 Å².